The number of hydrogen-bond donors (Lipinski definition) is 0. The minimum Gasteiger partial charge on any atom is -0.488 e. The molecule has 0 fully saturated rings. The third-order valence-electron chi connectivity index (χ3n) is 2.74. The Morgan fingerprint density at radius 1 is 0.941 bits per heavy atom. The minimum absolute atomic E-state index is 0.140. The lowest BCUT2D eigenvalue weighted by Crippen LogP contribution is -2.24. The normalized spacial score (nSPS) is 12.3. The van der Waals surface area contributed by atoms with Gasteiger partial charge in [-0.25, -0.2) is 0 Å². The molecule has 1 rings (SSSR count). The van der Waals surface area contributed by atoms with Gasteiger partial charge in [-0.1, -0.05) is 39.8 Å². The Labute approximate surface area is 106 Å². The molecule has 0 saturated carbocycles. The van der Waals surface area contributed by atoms with Crippen LogP contribution in [0.4, 0.5) is 0 Å². The van der Waals surface area contributed by atoms with Crippen LogP contribution in [-0.4, -0.2) is 5.60 Å². The molecule has 0 aliphatic carbocycles. The largest absolute Gasteiger partial charge is 0.488 e. The van der Waals surface area contributed by atoms with Gasteiger partial charge in [-0.2, -0.15) is 0 Å². The molecule has 0 saturated heterocycles. The Balaban J connectivity index is 3.16. The van der Waals surface area contributed by atoms with E-state index in [2.05, 4.69) is 66.7 Å². The van der Waals surface area contributed by atoms with E-state index >= 15 is 0 Å². The van der Waals surface area contributed by atoms with E-state index in [9.17, 15) is 0 Å². The molecule has 0 bridgehead atoms. The molecule has 0 radical (unpaired) electrons. The van der Waals surface area contributed by atoms with Gasteiger partial charge in [0.15, 0.2) is 0 Å². The Bertz CT molecular complexity index is 370. The molecule has 0 aliphatic heterocycles. The smallest absolute Gasteiger partial charge is 0.123 e. The molecular formula is C16H26O. The van der Waals surface area contributed by atoms with Gasteiger partial charge in [-0.15, -0.1) is 0 Å². The van der Waals surface area contributed by atoms with E-state index in [1.807, 2.05) is 0 Å². The van der Waals surface area contributed by atoms with Gasteiger partial charge >= 0.3 is 0 Å². The van der Waals surface area contributed by atoms with Crippen molar-refractivity contribution in [3.63, 3.8) is 0 Å². The maximum atomic E-state index is 6.08. The summed E-state index contributed by atoms with van der Waals surface area (Å²) in [5, 5.41) is 0. The molecule has 17 heavy (non-hydrogen) atoms. The van der Waals surface area contributed by atoms with Crippen LogP contribution in [0.1, 0.15) is 71.4 Å². The van der Waals surface area contributed by atoms with Gasteiger partial charge in [0.05, 0.1) is 0 Å². The molecule has 0 heterocycles. The highest BCUT2D eigenvalue weighted by Crippen LogP contribution is 2.32. The van der Waals surface area contributed by atoms with Gasteiger partial charge in [-0.3, -0.25) is 0 Å². The van der Waals surface area contributed by atoms with Crippen LogP contribution < -0.4 is 4.74 Å². The summed E-state index contributed by atoms with van der Waals surface area (Å²) < 4.78 is 6.08. The molecule has 1 nitrogen and oxygen atoms in total. The topological polar surface area (TPSA) is 9.23 Å². The van der Waals surface area contributed by atoms with Gasteiger partial charge in [-0.05, 0) is 49.8 Å². The standard InChI is InChI=1S/C16H26O/c1-11(2)13-8-9-14(12(3)4)15(10-13)17-16(5,6)7/h8-12H,1-7H3. The maximum absolute atomic E-state index is 6.08. The van der Waals surface area contributed by atoms with Crippen LogP contribution >= 0.6 is 0 Å². The molecule has 0 amide bonds. The quantitative estimate of drug-likeness (QED) is 0.706. The number of hydrogen-bond acceptors (Lipinski definition) is 1. The molecule has 0 aliphatic rings. The Morgan fingerprint density at radius 3 is 1.94 bits per heavy atom. The summed E-state index contributed by atoms with van der Waals surface area (Å²) in [5.74, 6) is 2.07. The van der Waals surface area contributed by atoms with Crippen molar-refractivity contribution in [3.05, 3.63) is 29.3 Å². The van der Waals surface area contributed by atoms with Gasteiger partial charge in [0.2, 0.25) is 0 Å². The lowest BCUT2D eigenvalue weighted by molar-refractivity contribution is 0.129. The summed E-state index contributed by atoms with van der Waals surface area (Å²) in [7, 11) is 0. The molecule has 1 aromatic rings. The average Bonchev–Trinajstić information content (AvgIpc) is 2.14. The van der Waals surface area contributed by atoms with Gasteiger partial charge < -0.3 is 4.74 Å². The van der Waals surface area contributed by atoms with Crippen molar-refractivity contribution in [2.75, 3.05) is 0 Å². The van der Waals surface area contributed by atoms with E-state index < -0.39 is 0 Å². The SMILES string of the molecule is CC(C)c1ccc(C(C)C)c(OC(C)(C)C)c1. The number of benzene rings is 1. The monoisotopic (exact) mass is 234 g/mol. The number of rotatable bonds is 3. The molecule has 96 valence electrons. The molecule has 0 aromatic heterocycles. The van der Waals surface area contributed by atoms with Crippen molar-refractivity contribution in [2.45, 2.75) is 65.9 Å². The molecule has 0 atom stereocenters. The fourth-order valence-electron chi connectivity index (χ4n) is 1.81. The van der Waals surface area contributed by atoms with Gasteiger partial charge in [0, 0.05) is 0 Å². The zero-order valence-electron chi connectivity index (χ0n) is 12.3. The van der Waals surface area contributed by atoms with Crippen LogP contribution in [0.25, 0.3) is 0 Å². The molecule has 1 heteroatoms. The van der Waals surface area contributed by atoms with Crippen LogP contribution in [0.15, 0.2) is 18.2 Å². The lowest BCUT2D eigenvalue weighted by Gasteiger charge is -2.25. The fraction of sp³-hybridized carbons (Fsp3) is 0.625. The number of ether oxygens (including phenoxy) is 1. The third-order valence-corrected chi connectivity index (χ3v) is 2.74. The fourth-order valence-corrected chi connectivity index (χ4v) is 1.81. The first-order chi connectivity index (χ1) is 7.70. The Morgan fingerprint density at radius 2 is 1.53 bits per heavy atom. The predicted octanol–water partition coefficient (Wildman–Crippen LogP) is 5.11. The van der Waals surface area contributed by atoms with Gasteiger partial charge in [0.25, 0.3) is 0 Å². The highest BCUT2D eigenvalue weighted by Gasteiger charge is 2.17. The van der Waals surface area contributed by atoms with Crippen LogP contribution in [0.5, 0.6) is 5.75 Å². The first kappa shape index (κ1) is 14.1. The van der Waals surface area contributed by atoms with E-state index in [0.29, 0.717) is 11.8 Å². The highest BCUT2D eigenvalue weighted by molar-refractivity contribution is 5.40. The van der Waals surface area contributed by atoms with Crippen LogP contribution in [0, 0.1) is 0 Å². The van der Waals surface area contributed by atoms with Crippen molar-refractivity contribution in [3.8, 4) is 5.75 Å². The third kappa shape index (κ3) is 4.07. The van der Waals surface area contributed by atoms with Crippen LogP contribution in [-0.2, 0) is 0 Å². The first-order valence-corrected chi connectivity index (χ1v) is 6.53. The van der Waals surface area contributed by atoms with Crippen molar-refractivity contribution < 1.29 is 4.74 Å². The molecule has 1 aromatic carbocycles. The van der Waals surface area contributed by atoms with Crippen molar-refractivity contribution >= 4 is 0 Å². The summed E-state index contributed by atoms with van der Waals surface area (Å²) >= 11 is 0. The van der Waals surface area contributed by atoms with Crippen molar-refractivity contribution in [2.24, 2.45) is 0 Å². The first-order valence-electron chi connectivity index (χ1n) is 6.53. The van der Waals surface area contributed by atoms with Crippen LogP contribution in [0.2, 0.25) is 0 Å². The molecular weight excluding hydrogens is 208 g/mol. The van der Waals surface area contributed by atoms with Crippen molar-refractivity contribution in [1.29, 1.82) is 0 Å². The predicted molar refractivity (Wildman–Crippen MR) is 75.0 cm³/mol. The van der Waals surface area contributed by atoms with E-state index in [1.165, 1.54) is 11.1 Å². The van der Waals surface area contributed by atoms with E-state index in [-0.39, 0.29) is 5.60 Å². The second kappa shape index (κ2) is 5.12. The van der Waals surface area contributed by atoms with Crippen molar-refractivity contribution in [1.82, 2.24) is 0 Å². The van der Waals surface area contributed by atoms with Crippen LogP contribution in [0.3, 0.4) is 0 Å². The second-order valence-electron chi connectivity index (χ2n) is 6.32. The summed E-state index contributed by atoms with van der Waals surface area (Å²) in [4.78, 5) is 0. The molecule has 0 unspecified atom stereocenters. The second-order valence-corrected chi connectivity index (χ2v) is 6.32. The summed E-state index contributed by atoms with van der Waals surface area (Å²) in [5.41, 5.74) is 2.50. The maximum Gasteiger partial charge on any atom is 0.123 e. The average molecular weight is 234 g/mol. The Hall–Kier alpha value is -0.980. The summed E-state index contributed by atoms with van der Waals surface area (Å²) in [6, 6.07) is 6.63. The lowest BCUT2D eigenvalue weighted by atomic mass is 9.96. The van der Waals surface area contributed by atoms with Gasteiger partial charge in [0.1, 0.15) is 11.4 Å². The molecule has 0 N–H and O–H groups in total. The summed E-state index contributed by atoms with van der Waals surface area (Å²) in [6.45, 7) is 15.1. The summed E-state index contributed by atoms with van der Waals surface area (Å²) in [6.07, 6.45) is 0. The highest BCUT2D eigenvalue weighted by atomic mass is 16.5. The van der Waals surface area contributed by atoms with E-state index in [0.717, 1.165) is 5.75 Å². The van der Waals surface area contributed by atoms with E-state index in [4.69, 9.17) is 4.74 Å². The minimum atomic E-state index is -0.140. The molecule has 0 spiro atoms. The van der Waals surface area contributed by atoms with E-state index in [1.54, 1.807) is 0 Å². The zero-order valence-corrected chi connectivity index (χ0v) is 12.3. The Kier molecular flexibility index (Phi) is 4.24. The zero-order chi connectivity index (χ0) is 13.2.